The van der Waals surface area contributed by atoms with Gasteiger partial charge in [-0.2, -0.15) is 13.2 Å². The van der Waals surface area contributed by atoms with Crippen LogP contribution in [0.25, 0.3) is 5.57 Å². The van der Waals surface area contributed by atoms with Crippen LogP contribution in [0.2, 0.25) is 0 Å². The van der Waals surface area contributed by atoms with Gasteiger partial charge in [-0.25, -0.2) is 0 Å². The number of anilines is 1. The monoisotopic (exact) mass is 284 g/mol. The number of nitrogens with two attached hydrogens (primary N) is 1. The van der Waals surface area contributed by atoms with Crippen LogP contribution < -0.4 is 10.6 Å². The number of alkyl halides is 3. The molecule has 1 heterocycles. The molecular formula is C14H15F3N2O. The Morgan fingerprint density at radius 2 is 1.85 bits per heavy atom. The molecule has 0 aromatic heterocycles. The van der Waals surface area contributed by atoms with Crippen molar-refractivity contribution in [2.75, 3.05) is 11.9 Å². The Labute approximate surface area is 114 Å². The highest BCUT2D eigenvalue weighted by Crippen LogP contribution is 2.49. The molecule has 1 aliphatic rings. The lowest BCUT2D eigenvalue weighted by Crippen LogP contribution is -2.60. The maximum atomic E-state index is 13.6. The molecule has 0 saturated heterocycles. The van der Waals surface area contributed by atoms with Crippen molar-refractivity contribution in [2.45, 2.75) is 25.6 Å². The third kappa shape index (κ3) is 1.71. The van der Waals surface area contributed by atoms with Crippen molar-refractivity contribution in [2.24, 2.45) is 5.73 Å². The van der Waals surface area contributed by atoms with Crippen LogP contribution in [0.5, 0.6) is 0 Å². The lowest BCUT2D eigenvalue weighted by atomic mass is 9.79. The van der Waals surface area contributed by atoms with Crippen molar-refractivity contribution in [3.05, 3.63) is 35.4 Å². The number of para-hydroxylation sites is 1. The molecule has 0 saturated carbocycles. The van der Waals surface area contributed by atoms with Gasteiger partial charge >= 0.3 is 6.18 Å². The zero-order chi connectivity index (χ0) is 15.3. The number of benzene rings is 1. The van der Waals surface area contributed by atoms with E-state index < -0.39 is 23.2 Å². The summed E-state index contributed by atoms with van der Waals surface area (Å²) in [5.74, 6) is -1.05. The van der Waals surface area contributed by atoms with Gasteiger partial charge in [0.2, 0.25) is 5.91 Å². The second kappa shape index (κ2) is 4.26. The van der Waals surface area contributed by atoms with Crippen molar-refractivity contribution in [3.8, 4) is 0 Å². The van der Waals surface area contributed by atoms with E-state index in [1.807, 2.05) is 0 Å². The highest BCUT2D eigenvalue weighted by atomic mass is 19.4. The Morgan fingerprint density at radius 3 is 2.35 bits per heavy atom. The van der Waals surface area contributed by atoms with E-state index in [1.54, 1.807) is 24.3 Å². The summed E-state index contributed by atoms with van der Waals surface area (Å²) < 4.78 is 40.7. The van der Waals surface area contributed by atoms with E-state index in [4.69, 9.17) is 5.73 Å². The van der Waals surface area contributed by atoms with E-state index in [9.17, 15) is 18.0 Å². The van der Waals surface area contributed by atoms with E-state index >= 15 is 0 Å². The molecule has 1 aromatic carbocycles. The first-order valence-electron chi connectivity index (χ1n) is 6.03. The number of hydrogen-bond donors (Lipinski definition) is 1. The molecule has 0 bridgehead atoms. The predicted molar refractivity (Wildman–Crippen MR) is 71.1 cm³/mol. The first-order chi connectivity index (χ1) is 9.12. The summed E-state index contributed by atoms with van der Waals surface area (Å²) in [5.41, 5.74) is 3.67. The van der Waals surface area contributed by atoms with E-state index in [-0.39, 0.29) is 5.57 Å². The molecule has 0 fully saturated rings. The molecule has 1 aromatic rings. The number of rotatable bonds is 1. The molecule has 0 spiro atoms. The van der Waals surface area contributed by atoms with Crippen molar-refractivity contribution in [1.82, 2.24) is 0 Å². The van der Waals surface area contributed by atoms with Gasteiger partial charge in [-0.3, -0.25) is 4.79 Å². The van der Waals surface area contributed by atoms with Gasteiger partial charge in [0.05, 0.1) is 5.57 Å². The topological polar surface area (TPSA) is 46.3 Å². The highest BCUT2D eigenvalue weighted by Gasteiger charge is 2.60. The number of carbonyl (C=O) groups is 1. The Balaban J connectivity index is 2.86. The van der Waals surface area contributed by atoms with Gasteiger partial charge in [-0.1, -0.05) is 18.2 Å². The molecule has 3 nitrogen and oxygen atoms in total. The molecule has 1 aliphatic heterocycles. The summed E-state index contributed by atoms with van der Waals surface area (Å²) in [4.78, 5) is 12.7. The second-order valence-corrected chi connectivity index (χ2v) is 5.01. The summed E-state index contributed by atoms with van der Waals surface area (Å²) in [6, 6.07) is 6.65. The number of primary amides is 1. The van der Waals surface area contributed by atoms with Crippen molar-refractivity contribution < 1.29 is 18.0 Å². The van der Waals surface area contributed by atoms with Gasteiger partial charge in [0.15, 0.2) is 5.54 Å². The number of amides is 1. The van der Waals surface area contributed by atoms with E-state index in [1.165, 1.54) is 14.0 Å². The number of nitrogens with zero attached hydrogens (tertiary/aromatic N) is 1. The van der Waals surface area contributed by atoms with Crippen LogP contribution in [0.4, 0.5) is 18.9 Å². The summed E-state index contributed by atoms with van der Waals surface area (Å²) in [7, 11) is 1.32. The average molecular weight is 284 g/mol. The normalized spacial score (nSPS) is 22.8. The maximum absolute atomic E-state index is 13.6. The molecule has 2 rings (SSSR count). The first kappa shape index (κ1) is 14.4. The number of allylic oxidation sites excluding steroid dienone is 1. The number of fused-ring (bicyclic) bond motifs is 1. The van der Waals surface area contributed by atoms with E-state index in [0.29, 0.717) is 11.3 Å². The van der Waals surface area contributed by atoms with Crippen molar-refractivity contribution in [1.29, 1.82) is 0 Å². The minimum absolute atomic E-state index is 0.269. The summed E-state index contributed by atoms with van der Waals surface area (Å²) in [6.07, 6.45) is -4.62. The van der Waals surface area contributed by atoms with Gasteiger partial charge in [0, 0.05) is 18.3 Å². The number of likely N-dealkylation sites (N-methyl/N-ethyl adjacent to an activating group) is 1. The van der Waals surface area contributed by atoms with Gasteiger partial charge in [-0.05, 0) is 25.5 Å². The molecule has 6 heteroatoms. The smallest absolute Gasteiger partial charge is 0.366 e. The molecule has 0 aliphatic carbocycles. The molecule has 108 valence electrons. The van der Waals surface area contributed by atoms with Gasteiger partial charge < -0.3 is 10.6 Å². The molecule has 0 radical (unpaired) electrons. The lowest BCUT2D eigenvalue weighted by Gasteiger charge is -2.46. The predicted octanol–water partition coefficient (Wildman–Crippen LogP) is 2.72. The fourth-order valence-corrected chi connectivity index (χ4v) is 2.75. The Kier molecular flexibility index (Phi) is 3.07. The molecule has 1 unspecified atom stereocenters. The van der Waals surface area contributed by atoms with Crippen LogP contribution in [-0.2, 0) is 4.79 Å². The van der Waals surface area contributed by atoms with Gasteiger partial charge in [0.1, 0.15) is 0 Å². The van der Waals surface area contributed by atoms with Crippen molar-refractivity contribution in [3.63, 3.8) is 0 Å². The first-order valence-corrected chi connectivity index (χ1v) is 6.03. The lowest BCUT2D eigenvalue weighted by molar-refractivity contribution is -0.172. The second-order valence-electron chi connectivity index (χ2n) is 5.01. The van der Waals surface area contributed by atoms with Crippen molar-refractivity contribution >= 4 is 17.2 Å². The third-order valence-electron chi connectivity index (χ3n) is 4.00. The highest BCUT2D eigenvalue weighted by molar-refractivity contribution is 6.06. The SMILES string of the molecule is CC1=C(C(N)=O)C(C)(C(F)(F)F)N(C)c2ccccc21. The standard InChI is InChI=1S/C14H15F3N2O/c1-8-9-6-4-5-7-10(9)19(3)13(2,14(15,16)17)11(8)12(18)20/h4-7H,1-3H3,(H2,18,20). The zero-order valence-electron chi connectivity index (χ0n) is 11.4. The molecule has 1 atom stereocenters. The Morgan fingerprint density at radius 1 is 1.30 bits per heavy atom. The maximum Gasteiger partial charge on any atom is 0.415 e. The van der Waals surface area contributed by atoms with Crippen LogP contribution in [0.1, 0.15) is 19.4 Å². The summed E-state index contributed by atoms with van der Waals surface area (Å²) in [5, 5.41) is 0. The number of carbonyl (C=O) groups excluding carboxylic acids is 1. The van der Waals surface area contributed by atoms with Crippen LogP contribution >= 0.6 is 0 Å². The van der Waals surface area contributed by atoms with Crippen LogP contribution in [0, 0.1) is 0 Å². The van der Waals surface area contributed by atoms with Crippen LogP contribution in [0.3, 0.4) is 0 Å². The fourth-order valence-electron chi connectivity index (χ4n) is 2.75. The van der Waals surface area contributed by atoms with Gasteiger partial charge in [0.25, 0.3) is 0 Å². The zero-order valence-corrected chi connectivity index (χ0v) is 11.4. The molecule has 1 amide bonds. The third-order valence-corrected chi connectivity index (χ3v) is 4.00. The van der Waals surface area contributed by atoms with Crippen LogP contribution in [0.15, 0.2) is 29.8 Å². The number of halogens is 3. The summed E-state index contributed by atoms with van der Waals surface area (Å²) >= 11 is 0. The molecule has 2 N–H and O–H groups in total. The van der Waals surface area contributed by atoms with Crippen LogP contribution in [-0.4, -0.2) is 24.7 Å². The Hall–Kier alpha value is -1.98. The molecule has 20 heavy (non-hydrogen) atoms. The minimum atomic E-state index is -4.62. The fraction of sp³-hybridized carbons (Fsp3) is 0.357. The largest absolute Gasteiger partial charge is 0.415 e. The minimum Gasteiger partial charge on any atom is -0.366 e. The average Bonchev–Trinajstić information content (AvgIpc) is 2.34. The number of hydrogen-bond acceptors (Lipinski definition) is 2. The summed E-state index contributed by atoms with van der Waals surface area (Å²) in [6.45, 7) is 2.47. The Bertz CT molecular complexity index is 607. The van der Waals surface area contributed by atoms with E-state index in [0.717, 1.165) is 11.8 Å². The van der Waals surface area contributed by atoms with Gasteiger partial charge in [-0.15, -0.1) is 0 Å². The van der Waals surface area contributed by atoms with E-state index in [2.05, 4.69) is 0 Å². The quantitative estimate of drug-likeness (QED) is 0.862. The molecular weight excluding hydrogens is 269 g/mol.